The number of esters is 1. The Balaban J connectivity index is 2.01. The van der Waals surface area contributed by atoms with Crippen molar-refractivity contribution in [2.75, 3.05) is 0 Å². The van der Waals surface area contributed by atoms with E-state index < -0.39 is 23.6 Å². The standard InChI is InChI=1S/C18H17ClO6/c1-9-6-15-14(25-15)5-3-2-4-10(20)7-11-16(18(23)24-9)12(21)8-13(22)17(11)19/h2-5,8-9,14-15,21-22H,6-7H2,1H3/b4-2-,5-3+/t9?,14?,15-/m1/s1. The van der Waals surface area contributed by atoms with Crippen molar-refractivity contribution in [3.63, 3.8) is 0 Å². The normalized spacial score (nSPS) is 29.0. The van der Waals surface area contributed by atoms with Gasteiger partial charge in [-0.05, 0) is 13.0 Å². The summed E-state index contributed by atoms with van der Waals surface area (Å²) in [6.07, 6.45) is 6.13. The molecule has 3 atom stereocenters. The van der Waals surface area contributed by atoms with Gasteiger partial charge < -0.3 is 19.7 Å². The van der Waals surface area contributed by atoms with E-state index in [0.717, 1.165) is 6.07 Å². The van der Waals surface area contributed by atoms with Gasteiger partial charge in [0.15, 0.2) is 5.78 Å². The van der Waals surface area contributed by atoms with Crippen molar-refractivity contribution in [3.8, 4) is 11.5 Å². The van der Waals surface area contributed by atoms with Crippen LogP contribution in [0.2, 0.25) is 5.02 Å². The largest absolute Gasteiger partial charge is 0.507 e. The third-order valence-electron chi connectivity index (χ3n) is 4.06. The molecule has 0 bridgehead atoms. The second kappa shape index (κ2) is 6.90. The summed E-state index contributed by atoms with van der Waals surface area (Å²) in [6, 6.07) is 0.958. The molecule has 25 heavy (non-hydrogen) atoms. The van der Waals surface area contributed by atoms with Gasteiger partial charge in [-0.15, -0.1) is 0 Å². The first-order valence-corrected chi connectivity index (χ1v) is 8.22. The minimum Gasteiger partial charge on any atom is -0.507 e. The number of benzene rings is 1. The van der Waals surface area contributed by atoms with Crippen LogP contribution in [0.1, 0.15) is 29.3 Å². The molecule has 0 spiro atoms. The molecule has 6 nitrogen and oxygen atoms in total. The Bertz CT molecular complexity index is 782. The molecule has 0 amide bonds. The van der Waals surface area contributed by atoms with Crippen LogP contribution < -0.4 is 0 Å². The van der Waals surface area contributed by atoms with Gasteiger partial charge in [-0.2, -0.15) is 0 Å². The number of cyclic esters (lactones) is 1. The molecule has 2 aliphatic heterocycles. The number of phenols is 2. The maximum Gasteiger partial charge on any atom is 0.342 e. The monoisotopic (exact) mass is 364 g/mol. The molecule has 2 heterocycles. The zero-order valence-electron chi connectivity index (χ0n) is 13.4. The molecule has 2 N–H and O–H groups in total. The van der Waals surface area contributed by atoms with Crippen LogP contribution in [0.5, 0.6) is 11.5 Å². The summed E-state index contributed by atoms with van der Waals surface area (Å²) in [5.41, 5.74) is -0.176. The first-order valence-electron chi connectivity index (χ1n) is 7.84. The highest BCUT2D eigenvalue weighted by Gasteiger charge is 2.38. The number of carbonyl (C=O) groups is 2. The fourth-order valence-electron chi connectivity index (χ4n) is 2.78. The lowest BCUT2D eigenvalue weighted by Crippen LogP contribution is -2.19. The highest BCUT2D eigenvalue weighted by molar-refractivity contribution is 6.33. The molecule has 0 aliphatic carbocycles. The molecule has 1 saturated heterocycles. The van der Waals surface area contributed by atoms with Gasteiger partial charge in [0.25, 0.3) is 0 Å². The molecular weight excluding hydrogens is 348 g/mol. The number of epoxide rings is 1. The average molecular weight is 365 g/mol. The molecule has 1 aromatic rings. The van der Waals surface area contributed by atoms with Gasteiger partial charge in [0.05, 0.1) is 11.1 Å². The third-order valence-corrected chi connectivity index (χ3v) is 4.49. The van der Waals surface area contributed by atoms with E-state index in [4.69, 9.17) is 21.1 Å². The van der Waals surface area contributed by atoms with Crippen LogP contribution in [0.3, 0.4) is 0 Å². The molecule has 0 aromatic heterocycles. The van der Waals surface area contributed by atoms with Crippen LogP contribution >= 0.6 is 11.6 Å². The number of phenolic OH excluding ortho intramolecular Hbond substituents is 2. The van der Waals surface area contributed by atoms with E-state index in [1.54, 1.807) is 19.1 Å². The summed E-state index contributed by atoms with van der Waals surface area (Å²) in [5, 5.41) is 19.7. The van der Waals surface area contributed by atoms with E-state index in [2.05, 4.69) is 0 Å². The summed E-state index contributed by atoms with van der Waals surface area (Å²) in [7, 11) is 0. The number of allylic oxidation sites excluding steroid dienone is 3. The molecule has 0 radical (unpaired) electrons. The van der Waals surface area contributed by atoms with Gasteiger partial charge in [-0.25, -0.2) is 4.79 Å². The number of fused-ring (bicyclic) bond motifs is 2. The number of rotatable bonds is 0. The number of hydrogen-bond donors (Lipinski definition) is 2. The van der Waals surface area contributed by atoms with Crippen LogP contribution in [0.4, 0.5) is 0 Å². The second-order valence-electron chi connectivity index (χ2n) is 6.06. The first kappa shape index (κ1) is 17.5. The van der Waals surface area contributed by atoms with Crippen LogP contribution in [0.25, 0.3) is 0 Å². The van der Waals surface area contributed by atoms with Gasteiger partial charge in [0.1, 0.15) is 29.3 Å². The lowest BCUT2D eigenvalue weighted by atomic mass is 10.00. The summed E-state index contributed by atoms with van der Waals surface area (Å²) in [5.74, 6) is -2.04. The van der Waals surface area contributed by atoms with Crippen LogP contribution in [-0.4, -0.2) is 40.3 Å². The number of hydrogen-bond acceptors (Lipinski definition) is 6. The Hall–Kier alpha value is -2.31. The van der Waals surface area contributed by atoms with Crippen molar-refractivity contribution in [1.29, 1.82) is 0 Å². The molecule has 1 aromatic carbocycles. The molecule has 1 fully saturated rings. The van der Waals surface area contributed by atoms with E-state index in [1.807, 2.05) is 6.08 Å². The van der Waals surface area contributed by atoms with Crippen LogP contribution in [-0.2, 0) is 20.7 Å². The summed E-state index contributed by atoms with van der Waals surface area (Å²) in [4.78, 5) is 24.6. The van der Waals surface area contributed by atoms with E-state index in [9.17, 15) is 19.8 Å². The van der Waals surface area contributed by atoms with Gasteiger partial charge in [0, 0.05) is 24.5 Å². The highest BCUT2D eigenvalue weighted by Crippen LogP contribution is 2.37. The van der Waals surface area contributed by atoms with E-state index >= 15 is 0 Å². The lowest BCUT2D eigenvalue weighted by Gasteiger charge is -2.16. The van der Waals surface area contributed by atoms with E-state index in [0.29, 0.717) is 6.42 Å². The number of carbonyl (C=O) groups excluding carboxylic acids is 2. The van der Waals surface area contributed by atoms with Crippen molar-refractivity contribution >= 4 is 23.4 Å². The lowest BCUT2D eigenvalue weighted by molar-refractivity contribution is -0.114. The molecule has 132 valence electrons. The number of halogens is 1. The second-order valence-corrected chi connectivity index (χ2v) is 6.44. The predicted octanol–water partition coefficient (Wildman–Crippen LogP) is 2.69. The molecule has 2 unspecified atom stereocenters. The molecule has 7 heteroatoms. The fraction of sp³-hybridized carbons (Fsp3) is 0.333. The Morgan fingerprint density at radius 3 is 2.72 bits per heavy atom. The summed E-state index contributed by atoms with van der Waals surface area (Å²) in [6.45, 7) is 1.72. The van der Waals surface area contributed by atoms with Crippen molar-refractivity contribution in [2.45, 2.75) is 38.1 Å². The molecule has 0 saturated carbocycles. The van der Waals surface area contributed by atoms with E-state index in [1.165, 1.54) is 6.08 Å². The number of aromatic hydroxyl groups is 2. The number of ketones is 1. The van der Waals surface area contributed by atoms with Gasteiger partial charge in [0.2, 0.25) is 0 Å². The maximum absolute atomic E-state index is 12.5. The number of ether oxygens (including phenoxy) is 2. The summed E-state index contributed by atoms with van der Waals surface area (Å²) < 4.78 is 10.8. The maximum atomic E-state index is 12.5. The average Bonchev–Trinajstić information content (AvgIpc) is 3.25. The SMILES string of the molecule is CC1C[C@H]2OC2/C=C/C=C\C(=O)Cc2c(Cl)c(O)cc(O)c2C(=O)O1. The van der Waals surface area contributed by atoms with Gasteiger partial charge >= 0.3 is 5.97 Å². The zero-order chi connectivity index (χ0) is 18.1. The van der Waals surface area contributed by atoms with Crippen molar-refractivity contribution in [3.05, 3.63) is 46.5 Å². The summed E-state index contributed by atoms with van der Waals surface area (Å²) >= 11 is 6.05. The topological polar surface area (TPSA) is 96.4 Å². The molecule has 2 aliphatic rings. The molecular formula is C18H17ClO6. The predicted molar refractivity (Wildman–Crippen MR) is 89.9 cm³/mol. The molecule has 3 rings (SSSR count). The van der Waals surface area contributed by atoms with Gasteiger partial charge in [-0.1, -0.05) is 29.8 Å². The van der Waals surface area contributed by atoms with Gasteiger partial charge in [-0.3, -0.25) is 4.79 Å². The van der Waals surface area contributed by atoms with Crippen LogP contribution in [0, 0.1) is 0 Å². The highest BCUT2D eigenvalue weighted by atomic mass is 35.5. The zero-order valence-corrected chi connectivity index (χ0v) is 14.2. The third kappa shape index (κ3) is 3.86. The van der Waals surface area contributed by atoms with Crippen molar-refractivity contribution < 1.29 is 29.3 Å². The Kier molecular flexibility index (Phi) is 4.83. The Labute approximate surface area is 149 Å². The van der Waals surface area contributed by atoms with E-state index in [-0.39, 0.29) is 40.6 Å². The smallest absolute Gasteiger partial charge is 0.342 e. The minimum atomic E-state index is -0.802. The fourth-order valence-corrected chi connectivity index (χ4v) is 3.00. The Morgan fingerprint density at radius 2 is 1.96 bits per heavy atom. The van der Waals surface area contributed by atoms with Crippen molar-refractivity contribution in [1.82, 2.24) is 0 Å². The Morgan fingerprint density at radius 1 is 1.20 bits per heavy atom. The minimum absolute atomic E-state index is 0.0348. The van der Waals surface area contributed by atoms with Crippen LogP contribution in [0.15, 0.2) is 30.4 Å². The first-order chi connectivity index (χ1) is 11.9. The van der Waals surface area contributed by atoms with Crippen molar-refractivity contribution in [2.24, 2.45) is 0 Å². The quantitative estimate of drug-likeness (QED) is 0.542.